The Bertz CT molecular complexity index is 652. The zero-order chi connectivity index (χ0) is 20.2. The van der Waals surface area contributed by atoms with Crippen molar-refractivity contribution in [3.63, 3.8) is 0 Å². The second-order valence-electron chi connectivity index (χ2n) is 5.92. The van der Waals surface area contributed by atoms with Gasteiger partial charge >= 0.3 is 18.4 Å². The van der Waals surface area contributed by atoms with E-state index < -0.39 is 43.1 Å². The first-order chi connectivity index (χ1) is 12.5. The predicted octanol–water partition coefficient (Wildman–Crippen LogP) is 2.79. The minimum atomic E-state index is -4.66. The zero-order valence-corrected chi connectivity index (χ0v) is 14.0. The van der Waals surface area contributed by atoms with Gasteiger partial charge in [0.05, 0.1) is 12.5 Å². The summed E-state index contributed by atoms with van der Waals surface area (Å²) < 4.78 is 84.9. The Morgan fingerprint density at radius 2 is 2.04 bits per heavy atom. The number of aromatic nitrogens is 1. The van der Waals surface area contributed by atoms with Gasteiger partial charge < -0.3 is 20.1 Å². The van der Waals surface area contributed by atoms with Crippen LogP contribution < -0.4 is 15.4 Å². The average Bonchev–Trinajstić information content (AvgIpc) is 3.31. The number of alkyl halides is 6. The Hall–Kier alpha value is -2.24. The summed E-state index contributed by atoms with van der Waals surface area (Å²) in [6.07, 6.45) is -10.2. The molecule has 12 heteroatoms. The Morgan fingerprint density at radius 1 is 1.33 bits per heavy atom. The number of pyridine rings is 1. The molecule has 1 aromatic rings. The molecule has 2 N–H and O–H groups in total. The minimum absolute atomic E-state index is 0.130. The molecule has 0 aromatic carbocycles. The van der Waals surface area contributed by atoms with Crippen LogP contribution in [-0.4, -0.2) is 49.2 Å². The van der Waals surface area contributed by atoms with Gasteiger partial charge in [-0.15, -0.1) is 0 Å². The lowest BCUT2D eigenvalue weighted by Gasteiger charge is -2.20. The van der Waals surface area contributed by atoms with Crippen LogP contribution in [-0.2, 0) is 11.3 Å². The molecule has 2 amide bonds. The molecule has 3 unspecified atom stereocenters. The first-order valence-corrected chi connectivity index (χ1v) is 7.79. The van der Waals surface area contributed by atoms with Gasteiger partial charge in [0, 0.05) is 32.0 Å². The minimum Gasteiger partial charge on any atom is -0.462 e. The molecule has 27 heavy (non-hydrogen) atoms. The summed E-state index contributed by atoms with van der Waals surface area (Å²) in [6, 6.07) is 0.827. The van der Waals surface area contributed by atoms with Gasteiger partial charge in [-0.25, -0.2) is 9.78 Å². The standard InChI is InChI=1S/C15H17F6N3O3/c1-26-7-11(15(19,20)21)27-12-4-8(2-3-22-12)6-23-13(25)24-10-5-9(10)14(16,17)18/h2-4,9-11H,5-7H2,1H3,(H2,23,24,25). The molecule has 1 saturated carbocycles. The summed E-state index contributed by atoms with van der Waals surface area (Å²) in [5.74, 6) is -1.88. The lowest BCUT2D eigenvalue weighted by Crippen LogP contribution is -2.39. The van der Waals surface area contributed by atoms with Crippen LogP contribution in [0.1, 0.15) is 12.0 Å². The van der Waals surface area contributed by atoms with Gasteiger partial charge in [-0.05, 0) is 18.1 Å². The number of nitrogens with one attached hydrogen (secondary N) is 2. The number of carbonyl (C=O) groups excluding carboxylic acids is 1. The van der Waals surface area contributed by atoms with Crippen LogP contribution in [0.5, 0.6) is 5.88 Å². The van der Waals surface area contributed by atoms with Crippen molar-refractivity contribution in [2.75, 3.05) is 13.7 Å². The number of urea groups is 1. The molecule has 2 rings (SSSR count). The summed E-state index contributed by atoms with van der Waals surface area (Å²) >= 11 is 0. The molecule has 0 aliphatic heterocycles. The summed E-state index contributed by atoms with van der Waals surface area (Å²) in [5.41, 5.74) is 0.358. The number of halogens is 6. The maximum Gasteiger partial charge on any atom is 0.427 e. The van der Waals surface area contributed by atoms with Crippen molar-refractivity contribution < 1.29 is 40.6 Å². The van der Waals surface area contributed by atoms with Gasteiger partial charge in [0.2, 0.25) is 12.0 Å². The number of amides is 2. The van der Waals surface area contributed by atoms with Crippen LogP contribution in [0.15, 0.2) is 18.3 Å². The number of methoxy groups -OCH3 is 1. The van der Waals surface area contributed by atoms with E-state index in [1.165, 1.54) is 18.3 Å². The summed E-state index contributed by atoms with van der Waals surface area (Å²) in [7, 11) is 1.09. The van der Waals surface area contributed by atoms with E-state index in [1.807, 2.05) is 0 Å². The van der Waals surface area contributed by atoms with E-state index >= 15 is 0 Å². The highest BCUT2D eigenvalue weighted by atomic mass is 19.4. The Labute approximate surface area is 150 Å². The average molecular weight is 401 g/mol. The molecule has 6 nitrogen and oxygen atoms in total. The molecule has 1 aliphatic rings. The van der Waals surface area contributed by atoms with Crippen LogP contribution in [0.3, 0.4) is 0 Å². The van der Waals surface area contributed by atoms with Crippen molar-refractivity contribution in [1.82, 2.24) is 15.6 Å². The highest BCUT2D eigenvalue weighted by Gasteiger charge is 2.56. The van der Waals surface area contributed by atoms with E-state index in [-0.39, 0.29) is 18.8 Å². The topological polar surface area (TPSA) is 72.5 Å². The van der Waals surface area contributed by atoms with Crippen molar-refractivity contribution in [2.45, 2.75) is 37.5 Å². The van der Waals surface area contributed by atoms with Gasteiger partial charge in [-0.2, -0.15) is 26.3 Å². The fourth-order valence-electron chi connectivity index (χ4n) is 2.24. The zero-order valence-electron chi connectivity index (χ0n) is 14.0. The molecular formula is C15H17F6N3O3. The molecule has 0 spiro atoms. The predicted molar refractivity (Wildman–Crippen MR) is 79.9 cm³/mol. The Kier molecular flexibility index (Phi) is 6.39. The van der Waals surface area contributed by atoms with Gasteiger partial charge in [-0.3, -0.25) is 0 Å². The van der Waals surface area contributed by atoms with E-state index in [0.29, 0.717) is 5.56 Å². The quantitative estimate of drug-likeness (QED) is 0.690. The number of hydrogen-bond donors (Lipinski definition) is 2. The monoisotopic (exact) mass is 401 g/mol. The molecule has 1 fully saturated rings. The fourth-order valence-corrected chi connectivity index (χ4v) is 2.24. The Morgan fingerprint density at radius 3 is 2.59 bits per heavy atom. The van der Waals surface area contributed by atoms with Gasteiger partial charge in [-0.1, -0.05) is 0 Å². The van der Waals surface area contributed by atoms with Gasteiger partial charge in [0.15, 0.2) is 0 Å². The first-order valence-electron chi connectivity index (χ1n) is 7.79. The molecular weight excluding hydrogens is 384 g/mol. The molecule has 3 atom stereocenters. The maximum absolute atomic E-state index is 12.8. The van der Waals surface area contributed by atoms with E-state index in [1.54, 1.807) is 0 Å². The summed E-state index contributed by atoms with van der Waals surface area (Å²) in [5, 5.41) is 4.51. The lowest BCUT2D eigenvalue weighted by molar-refractivity contribution is -0.207. The number of nitrogens with zero attached hydrogens (tertiary/aromatic N) is 1. The van der Waals surface area contributed by atoms with Crippen molar-refractivity contribution in [2.24, 2.45) is 5.92 Å². The van der Waals surface area contributed by atoms with E-state index in [0.717, 1.165) is 7.11 Å². The van der Waals surface area contributed by atoms with E-state index in [4.69, 9.17) is 4.74 Å². The first kappa shape index (κ1) is 21.1. The number of ether oxygens (including phenoxy) is 2. The highest BCUT2D eigenvalue weighted by molar-refractivity contribution is 5.74. The molecule has 1 aromatic heterocycles. The molecule has 0 saturated heterocycles. The highest BCUT2D eigenvalue weighted by Crippen LogP contribution is 2.44. The van der Waals surface area contributed by atoms with Crippen molar-refractivity contribution in [3.8, 4) is 5.88 Å². The smallest absolute Gasteiger partial charge is 0.427 e. The SMILES string of the molecule is COCC(Oc1cc(CNC(=O)NC2CC2C(F)(F)F)ccn1)C(F)(F)F. The largest absolute Gasteiger partial charge is 0.462 e. The second kappa shape index (κ2) is 8.19. The van der Waals surface area contributed by atoms with Crippen LogP contribution in [0, 0.1) is 5.92 Å². The summed E-state index contributed by atoms with van der Waals surface area (Å²) in [6.45, 7) is -0.854. The van der Waals surface area contributed by atoms with Gasteiger partial charge in [0.1, 0.15) is 0 Å². The van der Waals surface area contributed by atoms with Crippen LogP contribution in [0.2, 0.25) is 0 Å². The van der Waals surface area contributed by atoms with Crippen molar-refractivity contribution in [3.05, 3.63) is 23.9 Å². The molecule has 152 valence electrons. The second-order valence-corrected chi connectivity index (χ2v) is 5.92. The number of carbonyl (C=O) groups is 1. The maximum atomic E-state index is 12.8. The van der Waals surface area contributed by atoms with Crippen LogP contribution >= 0.6 is 0 Å². The van der Waals surface area contributed by atoms with E-state index in [9.17, 15) is 31.1 Å². The van der Waals surface area contributed by atoms with Crippen molar-refractivity contribution in [1.29, 1.82) is 0 Å². The Balaban J connectivity index is 1.86. The molecule has 1 aliphatic carbocycles. The third-order valence-corrected chi connectivity index (χ3v) is 3.73. The van der Waals surface area contributed by atoms with Crippen LogP contribution in [0.25, 0.3) is 0 Å². The van der Waals surface area contributed by atoms with Crippen molar-refractivity contribution >= 4 is 6.03 Å². The number of hydrogen-bond acceptors (Lipinski definition) is 4. The van der Waals surface area contributed by atoms with Gasteiger partial charge in [0.25, 0.3) is 0 Å². The molecule has 0 radical (unpaired) electrons. The summed E-state index contributed by atoms with van der Waals surface area (Å²) in [4.78, 5) is 15.3. The normalized spacial score (nSPS) is 20.7. The third kappa shape index (κ3) is 6.45. The lowest BCUT2D eigenvalue weighted by atomic mass is 10.2. The van der Waals surface area contributed by atoms with Crippen LogP contribution in [0.4, 0.5) is 31.1 Å². The molecule has 0 bridgehead atoms. The molecule has 1 heterocycles. The fraction of sp³-hybridized carbons (Fsp3) is 0.600. The third-order valence-electron chi connectivity index (χ3n) is 3.73. The van der Waals surface area contributed by atoms with E-state index in [2.05, 4.69) is 20.4 Å². The number of rotatable bonds is 7.